The van der Waals surface area contributed by atoms with Crippen molar-refractivity contribution in [3.63, 3.8) is 0 Å². The van der Waals surface area contributed by atoms with E-state index in [1.807, 2.05) is 17.5 Å². The van der Waals surface area contributed by atoms with E-state index in [1.165, 1.54) is 22.9 Å². The summed E-state index contributed by atoms with van der Waals surface area (Å²) in [4.78, 5) is 8.26. The molecule has 3 nitrogen and oxygen atoms in total. The van der Waals surface area contributed by atoms with Gasteiger partial charge in [-0.15, -0.1) is 11.3 Å². The van der Waals surface area contributed by atoms with Gasteiger partial charge in [0.1, 0.15) is 5.01 Å². The SMILES string of the molecule is Cc1cnc(CN2CCCNC(C)(C)C2)s1. The number of aromatic nitrogens is 1. The van der Waals surface area contributed by atoms with Crippen molar-refractivity contribution < 1.29 is 0 Å². The standard InChI is InChI=1S/C12H21N3S/c1-10-7-13-11(16-10)8-15-6-4-5-14-12(2,3)9-15/h7,14H,4-6,8-9H2,1-3H3. The summed E-state index contributed by atoms with van der Waals surface area (Å²) in [7, 11) is 0. The van der Waals surface area contributed by atoms with Gasteiger partial charge in [-0.3, -0.25) is 4.90 Å². The molecule has 0 spiro atoms. The van der Waals surface area contributed by atoms with Crippen LogP contribution in [0.3, 0.4) is 0 Å². The molecule has 2 heterocycles. The molecule has 1 aliphatic heterocycles. The predicted octanol–water partition coefficient (Wildman–Crippen LogP) is 2.03. The Balaban J connectivity index is 1.98. The highest BCUT2D eigenvalue weighted by Crippen LogP contribution is 2.17. The van der Waals surface area contributed by atoms with Crippen LogP contribution in [-0.2, 0) is 6.54 Å². The number of rotatable bonds is 2. The van der Waals surface area contributed by atoms with E-state index in [4.69, 9.17) is 0 Å². The van der Waals surface area contributed by atoms with Gasteiger partial charge in [-0.05, 0) is 40.3 Å². The molecule has 0 aliphatic carbocycles. The number of aryl methyl sites for hydroxylation is 1. The zero-order chi connectivity index (χ0) is 11.6. The Morgan fingerprint density at radius 1 is 1.56 bits per heavy atom. The maximum Gasteiger partial charge on any atom is 0.107 e. The molecule has 0 saturated carbocycles. The molecule has 0 bridgehead atoms. The normalized spacial score (nSPS) is 21.9. The van der Waals surface area contributed by atoms with Gasteiger partial charge >= 0.3 is 0 Å². The first-order valence-corrected chi connectivity index (χ1v) is 6.75. The van der Waals surface area contributed by atoms with E-state index in [1.54, 1.807) is 0 Å². The zero-order valence-electron chi connectivity index (χ0n) is 10.4. The van der Waals surface area contributed by atoms with Crippen LogP contribution in [0.5, 0.6) is 0 Å². The smallest absolute Gasteiger partial charge is 0.107 e. The van der Waals surface area contributed by atoms with Gasteiger partial charge in [-0.25, -0.2) is 4.98 Å². The lowest BCUT2D eigenvalue weighted by Gasteiger charge is -2.29. The van der Waals surface area contributed by atoms with Gasteiger partial charge < -0.3 is 5.32 Å². The van der Waals surface area contributed by atoms with Gasteiger partial charge in [-0.2, -0.15) is 0 Å². The van der Waals surface area contributed by atoms with E-state index in [2.05, 4.69) is 36.0 Å². The molecule has 0 unspecified atom stereocenters. The molecule has 2 rings (SSSR count). The first kappa shape index (κ1) is 12.0. The van der Waals surface area contributed by atoms with Gasteiger partial charge in [0.15, 0.2) is 0 Å². The van der Waals surface area contributed by atoms with Crippen molar-refractivity contribution in [2.45, 2.75) is 39.3 Å². The second kappa shape index (κ2) is 4.82. The Bertz CT molecular complexity index is 346. The molecule has 1 N–H and O–H groups in total. The number of hydrogen-bond acceptors (Lipinski definition) is 4. The lowest BCUT2D eigenvalue weighted by molar-refractivity contribution is 0.223. The molecule has 1 aromatic heterocycles. The highest BCUT2D eigenvalue weighted by Gasteiger charge is 2.24. The van der Waals surface area contributed by atoms with Crippen molar-refractivity contribution in [2.75, 3.05) is 19.6 Å². The van der Waals surface area contributed by atoms with Crippen LogP contribution in [0.15, 0.2) is 6.20 Å². The van der Waals surface area contributed by atoms with Crippen LogP contribution in [0.1, 0.15) is 30.2 Å². The van der Waals surface area contributed by atoms with Crippen LogP contribution in [0.4, 0.5) is 0 Å². The summed E-state index contributed by atoms with van der Waals surface area (Å²) in [6.07, 6.45) is 3.20. The maximum atomic E-state index is 4.44. The van der Waals surface area contributed by atoms with E-state index < -0.39 is 0 Å². The van der Waals surface area contributed by atoms with Crippen LogP contribution in [-0.4, -0.2) is 35.1 Å². The minimum atomic E-state index is 0.225. The van der Waals surface area contributed by atoms with Gasteiger partial charge in [0.25, 0.3) is 0 Å². The molecular weight excluding hydrogens is 218 g/mol. The molecule has 90 valence electrons. The van der Waals surface area contributed by atoms with Gasteiger partial charge in [-0.1, -0.05) is 0 Å². The molecule has 1 aliphatic rings. The molecular formula is C12H21N3S. The molecule has 0 atom stereocenters. The number of nitrogens with one attached hydrogen (secondary N) is 1. The second-order valence-corrected chi connectivity index (χ2v) is 6.56. The van der Waals surface area contributed by atoms with E-state index in [9.17, 15) is 0 Å². The molecule has 1 fully saturated rings. The maximum absolute atomic E-state index is 4.44. The molecule has 1 saturated heterocycles. The van der Waals surface area contributed by atoms with Crippen molar-refractivity contribution in [3.05, 3.63) is 16.1 Å². The van der Waals surface area contributed by atoms with Crippen LogP contribution < -0.4 is 5.32 Å². The lowest BCUT2D eigenvalue weighted by atomic mass is 10.1. The van der Waals surface area contributed by atoms with E-state index in [-0.39, 0.29) is 5.54 Å². The number of hydrogen-bond donors (Lipinski definition) is 1. The van der Waals surface area contributed by atoms with E-state index in [0.29, 0.717) is 0 Å². The summed E-state index contributed by atoms with van der Waals surface area (Å²) in [5.74, 6) is 0. The van der Waals surface area contributed by atoms with Crippen LogP contribution in [0.25, 0.3) is 0 Å². The van der Waals surface area contributed by atoms with Crippen molar-refractivity contribution >= 4 is 11.3 Å². The summed E-state index contributed by atoms with van der Waals surface area (Å²) in [5, 5.41) is 4.83. The van der Waals surface area contributed by atoms with Gasteiger partial charge in [0, 0.05) is 23.2 Å². The topological polar surface area (TPSA) is 28.2 Å². The van der Waals surface area contributed by atoms with Crippen molar-refractivity contribution in [3.8, 4) is 0 Å². The quantitative estimate of drug-likeness (QED) is 0.856. The van der Waals surface area contributed by atoms with Crippen LogP contribution >= 0.6 is 11.3 Å². The highest BCUT2D eigenvalue weighted by atomic mass is 32.1. The monoisotopic (exact) mass is 239 g/mol. The average Bonchev–Trinajstić information content (AvgIpc) is 2.49. The molecule has 16 heavy (non-hydrogen) atoms. The van der Waals surface area contributed by atoms with Gasteiger partial charge in [0.2, 0.25) is 0 Å². The Morgan fingerprint density at radius 3 is 3.06 bits per heavy atom. The minimum absolute atomic E-state index is 0.225. The van der Waals surface area contributed by atoms with Gasteiger partial charge in [0.05, 0.1) is 6.54 Å². The summed E-state index contributed by atoms with van der Waals surface area (Å²) in [6, 6.07) is 0. The fourth-order valence-electron chi connectivity index (χ4n) is 2.22. The molecule has 0 aromatic carbocycles. The first-order chi connectivity index (χ1) is 7.55. The van der Waals surface area contributed by atoms with E-state index in [0.717, 1.165) is 19.6 Å². The second-order valence-electron chi connectivity index (χ2n) is 5.24. The molecule has 0 radical (unpaired) electrons. The van der Waals surface area contributed by atoms with Crippen LogP contribution in [0.2, 0.25) is 0 Å². The Hall–Kier alpha value is -0.450. The third-order valence-electron chi connectivity index (χ3n) is 2.90. The summed E-state index contributed by atoms with van der Waals surface area (Å²) in [6.45, 7) is 11.1. The highest BCUT2D eigenvalue weighted by molar-refractivity contribution is 7.11. The predicted molar refractivity (Wildman–Crippen MR) is 68.8 cm³/mol. The molecule has 1 aromatic rings. The summed E-state index contributed by atoms with van der Waals surface area (Å²) in [5.41, 5.74) is 0.225. The van der Waals surface area contributed by atoms with E-state index >= 15 is 0 Å². The molecule has 4 heteroatoms. The van der Waals surface area contributed by atoms with Crippen molar-refractivity contribution in [2.24, 2.45) is 0 Å². The molecule has 0 amide bonds. The Labute approximate surface area is 102 Å². The van der Waals surface area contributed by atoms with Crippen molar-refractivity contribution in [1.29, 1.82) is 0 Å². The fraction of sp³-hybridized carbons (Fsp3) is 0.750. The number of nitrogens with zero attached hydrogens (tertiary/aromatic N) is 2. The fourth-order valence-corrected chi connectivity index (χ4v) is 3.05. The third-order valence-corrected chi connectivity index (χ3v) is 3.80. The Morgan fingerprint density at radius 2 is 2.38 bits per heavy atom. The summed E-state index contributed by atoms with van der Waals surface area (Å²) < 4.78 is 0. The lowest BCUT2D eigenvalue weighted by Crippen LogP contribution is -2.46. The first-order valence-electron chi connectivity index (χ1n) is 5.94. The Kier molecular flexibility index (Phi) is 3.62. The minimum Gasteiger partial charge on any atom is -0.310 e. The number of thiazole rings is 1. The third kappa shape index (κ3) is 3.27. The van der Waals surface area contributed by atoms with Crippen LogP contribution in [0, 0.1) is 6.92 Å². The largest absolute Gasteiger partial charge is 0.310 e. The summed E-state index contributed by atoms with van der Waals surface area (Å²) >= 11 is 1.82. The van der Waals surface area contributed by atoms with Crippen molar-refractivity contribution in [1.82, 2.24) is 15.2 Å². The zero-order valence-corrected chi connectivity index (χ0v) is 11.2. The average molecular weight is 239 g/mol.